The molecule has 4 aliphatic carbocycles. The van der Waals surface area contributed by atoms with Crippen molar-refractivity contribution in [3.05, 3.63) is 0 Å². The van der Waals surface area contributed by atoms with Gasteiger partial charge >= 0.3 is 0 Å². The van der Waals surface area contributed by atoms with Gasteiger partial charge in [-0.3, -0.25) is 0 Å². The first-order valence-electron chi connectivity index (χ1n) is 12.9. The number of halogens is 1. The summed E-state index contributed by atoms with van der Waals surface area (Å²) in [5, 5.41) is 0.464. The number of alkyl halides is 1. The molecule has 162 valence electrons. The van der Waals surface area contributed by atoms with Gasteiger partial charge in [0.1, 0.15) is 0 Å². The highest BCUT2D eigenvalue weighted by Gasteiger charge is 2.60. The van der Waals surface area contributed by atoms with Gasteiger partial charge in [-0.15, -0.1) is 11.6 Å². The lowest BCUT2D eigenvalue weighted by Crippen LogP contribution is -2.53. The molecule has 4 saturated carbocycles. The maximum Gasteiger partial charge on any atom is 0.0339 e. The summed E-state index contributed by atoms with van der Waals surface area (Å²) in [5.41, 5.74) is 1.25. The molecule has 0 radical (unpaired) electrons. The summed E-state index contributed by atoms with van der Waals surface area (Å²) >= 11 is 6.60. The molecule has 0 aromatic carbocycles. The lowest BCUT2D eigenvalue weighted by molar-refractivity contribution is -0.113. The normalized spacial score (nSPS) is 49.4. The Labute approximate surface area is 181 Å². The summed E-state index contributed by atoms with van der Waals surface area (Å²) in [6.07, 6.45) is 17.4. The summed E-state index contributed by atoms with van der Waals surface area (Å²) in [6, 6.07) is 0. The predicted molar refractivity (Wildman–Crippen MR) is 123 cm³/mol. The molecule has 0 N–H and O–H groups in total. The van der Waals surface area contributed by atoms with Gasteiger partial charge in [0.15, 0.2) is 0 Å². The third kappa shape index (κ3) is 3.61. The maximum atomic E-state index is 6.60. The van der Waals surface area contributed by atoms with Crippen LogP contribution in [0.25, 0.3) is 0 Å². The van der Waals surface area contributed by atoms with E-state index in [0.29, 0.717) is 16.2 Å². The topological polar surface area (TPSA) is 0 Å². The van der Waals surface area contributed by atoms with Crippen LogP contribution in [0.2, 0.25) is 0 Å². The number of rotatable bonds is 5. The molecule has 1 heteroatoms. The summed E-state index contributed by atoms with van der Waals surface area (Å²) in [4.78, 5) is 0. The Hall–Kier alpha value is 0.290. The van der Waals surface area contributed by atoms with E-state index in [1.165, 1.54) is 77.0 Å². The van der Waals surface area contributed by atoms with Gasteiger partial charge < -0.3 is 0 Å². The van der Waals surface area contributed by atoms with Crippen molar-refractivity contribution >= 4 is 11.6 Å². The Kier molecular flexibility index (Phi) is 6.22. The van der Waals surface area contributed by atoms with E-state index in [1.54, 1.807) is 0 Å². The van der Waals surface area contributed by atoms with E-state index >= 15 is 0 Å². The molecule has 0 aliphatic heterocycles. The Morgan fingerprint density at radius 2 is 1.54 bits per heavy atom. The van der Waals surface area contributed by atoms with Gasteiger partial charge in [-0.05, 0) is 110 Å². The SMILES string of the molecule is CC(C)CCC[C@@H](C)[C@@H]1CC[C@@H]2[C@@H]3CC[C@H]4C[C@H](Cl)CC[C@]4(C)[C@H]3CC[C@@]21C. The largest absolute Gasteiger partial charge is 0.123 e. The molecule has 0 amide bonds. The molecule has 0 aromatic rings. The van der Waals surface area contributed by atoms with Crippen molar-refractivity contribution in [3.8, 4) is 0 Å². The molecular weight excluding hydrogens is 360 g/mol. The van der Waals surface area contributed by atoms with Crippen molar-refractivity contribution in [2.24, 2.45) is 52.3 Å². The number of hydrogen-bond donors (Lipinski definition) is 0. The molecular formula is C27H47Cl. The summed E-state index contributed by atoms with van der Waals surface area (Å²) < 4.78 is 0. The van der Waals surface area contributed by atoms with Gasteiger partial charge in [0.2, 0.25) is 0 Å². The lowest BCUT2D eigenvalue weighted by Gasteiger charge is -2.61. The van der Waals surface area contributed by atoms with Crippen LogP contribution in [0.1, 0.15) is 112 Å². The van der Waals surface area contributed by atoms with Crippen molar-refractivity contribution in [3.63, 3.8) is 0 Å². The van der Waals surface area contributed by atoms with Crippen LogP contribution >= 0.6 is 11.6 Å². The van der Waals surface area contributed by atoms with E-state index in [1.807, 2.05) is 0 Å². The fourth-order valence-corrected chi connectivity index (χ4v) is 9.55. The summed E-state index contributed by atoms with van der Waals surface area (Å²) in [6.45, 7) is 12.8. The number of hydrogen-bond acceptors (Lipinski definition) is 0. The molecule has 4 fully saturated rings. The van der Waals surface area contributed by atoms with Crippen LogP contribution in [0, 0.1) is 52.3 Å². The smallest absolute Gasteiger partial charge is 0.0339 e. The lowest BCUT2D eigenvalue weighted by atomic mass is 9.44. The zero-order chi connectivity index (χ0) is 20.1. The van der Waals surface area contributed by atoms with Gasteiger partial charge in [-0.25, -0.2) is 0 Å². The van der Waals surface area contributed by atoms with Crippen LogP contribution in [0.3, 0.4) is 0 Å². The zero-order valence-corrected chi connectivity index (χ0v) is 20.2. The standard InChI is InChI=1S/C27H47Cl/c1-18(2)7-6-8-19(3)23-11-12-24-22-10-9-20-17-21(28)13-15-26(20,4)25(22)14-16-27(23,24)5/h18-25H,6-17H2,1-5H3/t19-,20+,21-,22+,23+,24-,25+,26+,27-/m1/s1. The quantitative estimate of drug-likeness (QED) is 0.400. The second kappa shape index (κ2) is 8.09. The highest BCUT2D eigenvalue weighted by atomic mass is 35.5. The Balaban J connectivity index is 1.46. The second-order valence-electron chi connectivity index (χ2n) is 12.6. The molecule has 0 nitrogen and oxygen atoms in total. The third-order valence-electron chi connectivity index (χ3n) is 10.8. The van der Waals surface area contributed by atoms with Crippen LogP contribution in [0.5, 0.6) is 0 Å². The van der Waals surface area contributed by atoms with E-state index < -0.39 is 0 Å². The first-order chi connectivity index (χ1) is 13.3. The van der Waals surface area contributed by atoms with Crippen LogP contribution in [-0.4, -0.2) is 5.38 Å². The Morgan fingerprint density at radius 3 is 2.29 bits per heavy atom. The third-order valence-corrected chi connectivity index (χ3v) is 11.2. The average Bonchev–Trinajstić information content (AvgIpc) is 2.99. The molecule has 0 aromatic heterocycles. The van der Waals surface area contributed by atoms with E-state index in [4.69, 9.17) is 11.6 Å². The summed E-state index contributed by atoms with van der Waals surface area (Å²) in [7, 11) is 0. The second-order valence-corrected chi connectivity index (χ2v) is 13.2. The first-order valence-corrected chi connectivity index (χ1v) is 13.3. The predicted octanol–water partition coefficient (Wildman–Crippen LogP) is 8.72. The van der Waals surface area contributed by atoms with Crippen molar-refractivity contribution in [1.82, 2.24) is 0 Å². The Morgan fingerprint density at radius 1 is 0.821 bits per heavy atom. The fourth-order valence-electron chi connectivity index (χ4n) is 9.23. The van der Waals surface area contributed by atoms with Crippen molar-refractivity contribution in [1.29, 1.82) is 0 Å². The summed E-state index contributed by atoms with van der Waals surface area (Å²) in [5.74, 6) is 6.77. The zero-order valence-electron chi connectivity index (χ0n) is 19.5. The van der Waals surface area contributed by atoms with Gasteiger partial charge in [-0.1, -0.05) is 53.9 Å². The molecule has 0 unspecified atom stereocenters. The highest BCUT2D eigenvalue weighted by molar-refractivity contribution is 6.20. The van der Waals surface area contributed by atoms with Crippen molar-refractivity contribution < 1.29 is 0 Å². The Bertz CT molecular complexity index is 540. The van der Waals surface area contributed by atoms with E-state index in [-0.39, 0.29) is 0 Å². The van der Waals surface area contributed by atoms with Crippen LogP contribution < -0.4 is 0 Å². The molecule has 0 spiro atoms. The molecule has 9 atom stereocenters. The minimum atomic E-state index is 0.464. The maximum absolute atomic E-state index is 6.60. The highest BCUT2D eigenvalue weighted by Crippen LogP contribution is 2.68. The number of fused-ring (bicyclic) bond motifs is 5. The fraction of sp³-hybridized carbons (Fsp3) is 1.00. The molecule has 4 rings (SSSR count). The molecule has 0 bridgehead atoms. The van der Waals surface area contributed by atoms with Crippen molar-refractivity contribution in [2.75, 3.05) is 0 Å². The van der Waals surface area contributed by atoms with E-state index in [2.05, 4.69) is 34.6 Å². The van der Waals surface area contributed by atoms with Crippen LogP contribution in [-0.2, 0) is 0 Å². The minimum Gasteiger partial charge on any atom is -0.123 e. The average molecular weight is 407 g/mol. The molecule has 4 aliphatic rings. The van der Waals surface area contributed by atoms with E-state index in [0.717, 1.165) is 41.4 Å². The minimum absolute atomic E-state index is 0.464. The molecule has 0 saturated heterocycles. The van der Waals surface area contributed by atoms with Crippen LogP contribution in [0.4, 0.5) is 0 Å². The van der Waals surface area contributed by atoms with Gasteiger partial charge in [0, 0.05) is 5.38 Å². The first kappa shape index (κ1) is 21.5. The monoisotopic (exact) mass is 406 g/mol. The van der Waals surface area contributed by atoms with Crippen molar-refractivity contribution in [2.45, 2.75) is 117 Å². The van der Waals surface area contributed by atoms with Gasteiger partial charge in [0.05, 0.1) is 0 Å². The van der Waals surface area contributed by atoms with Gasteiger partial charge in [-0.2, -0.15) is 0 Å². The van der Waals surface area contributed by atoms with Gasteiger partial charge in [0.25, 0.3) is 0 Å². The van der Waals surface area contributed by atoms with Crippen LogP contribution in [0.15, 0.2) is 0 Å². The van der Waals surface area contributed by atoms with E-state index in [9.17, 15) is 0 Å². The molecule has 28 heavy (non-hydrogen) atoms. The molecule has 0 heterocycles.